The molecular weight excluding hydrogens is 388 g/mol. The highest BCUT2D eigenvalue weighted by Gasteiger charge is 2.24. The van der Waals surface area contributed by atoms with Crippen LogP contribution >= 0.6 is 0 Å². The summed E-state index contributed by atoms with van der Waals surface area (Å²) < 4.78 is 1.68. The summed E-state index contributed by atoms with van der Waals surface area (Å²) in [4.78, 5) is 26.4. The van der Waals surface area contributed by atoms with Gasteiger partial charge >= 0.3 is 0 Å². The number of anilines is 1. The van der Waals surface area contributed by atoms with Gasteiger partial charge in [0.05, 0.1) is 11.4 Å². The Morgan fingerprint density at radius 2 is 1.71 bits per heavy atom. The molecule has 2 heterocycles. The van der Waals surface area contributed by atoms with Crippen molar-refractivity contribution in [1.29, 1.82) is 0 Å². The maximum Gasteiger partial charge on any atom is 0.253 e. The van der Waals surface area contributed by atoms with E-state index in [0.29, 0.717) is 17.3 Å². The number of benzene rings is 2. The first-order valence-electron chi connectivity index (χ1n) is 10.8. The number of aromatic nitrogens is 2. The number of nitrogens with one attached hydrogen (secondary N) is 1. The summed E-state index contributed by atoms with van der Waals surface area (Å²) in [5.74, 6) is 1.17. The summed E-state index contributed by atoms with van der Waals surface area (Å²) in [6.07, 6.45) is 3.15. The Labute approximate surface area is 182 Å². The lowest BCUT2D eigenvalue weighted by atomic mass is 9.90. The van der Waals surface area contributed by atoms with Crippen LogP contribution in [0.1, 0.15) is 41.4 Å². The highest BCUT2D eigenvalue weighted by atomic mass is 16.2. The van der Waals surface area contributed by atoms with Gasteiger partial charge in [0.2, 0.25) is 5.91 Å². The molecule has 2 amide bonds. The Morgan fingerprint density at radius 3 is 2.35 bits per heavy atom. The number of carbonyl (C=O) groups excluding carboxylic acids is 2. The largest absolute Gasteiger partial charge is 0.339 e. The minimum atomic E-state index is -0.149. The molecule has 1 N–H and O–H groups in total. The third kappa shape index (κ3) is 5.02. The summed E-state index contributed by atoms with van der Waals surface area (Å²) in [6, 6.07) is 19.8. The number of carbonyl (C=O) groups is 2. The van der Waals surface area contributed by atoms with Crippen LogP contribution in [0.15, 0.2) is 60.7 Å². The van der Waals surface area contributed by atoms with Crippen molar-refractivity contribution in [2.75, 3.05) is 18.4 Å². The van der Waals surface area contributed by atoms with Gasteiger partial charge in [-0.3, -0.25) is 9.59 Å². The number of piperidine rings is 1. The van der Waals surface area contributed by atoms with Gasteiger partial charge in [-0.1, -0.05) is 30.3 Å². The van der Waals surface area contributed by atoms with Gasteiger partial charge in [0, 0.05) is 31.6 Å². The standard InChI is InChI=1S/C25H28N4O2/c1-18-16-24(26-19(2)30)29(27-18)23-10-8-22(9-11-23)25(31)28-14-12-21(13-15-28)17-20-6-4-3-5-7-20/h3-11,16,21H,12-15,17H2,1-2H3,(H,26,30). The molecule has 1 aromatic heterocycles. The lowest BCUT2D eigenvalue weighted by Crippen LogP contribution is -2.38. The van der Waals surface area contributed by atoms with Crippen molar-refractivity contribution >= 4 is 17.6 Å². The van der Waals surface area contributed by atoms with E-state index in [0.717, 1.165) is 43.7 Å². The summed E-state index contributed by atoms with van der Waals surface area (Å²) in [7, 11) is 0. The van der Waals surface area contributed by atoms with Crippen LogP contribution in [0.25, 0.3) is 5.69 Å². The van der Waals surface area contributed by atoms with Crippen molar-refractivity contribution < 1.29 is 9.59 Å². The van der Waals surface area contributed by atoms with E-state index in [2.05, 4.69) is 34.7 Å². The normalized spacial score (nSPS) is 14.5. The SMILES string of the molecule is CC(=O)Nc1cc(C)nn1-c1ccc(C(=O)N2CCC(Cc3ccccc3)CC2)cc1. The van der Waals surface area contributed by atoms with E-state index in [1.165, 1.54) is 12.5 Å². The number of nitrogens with zero attached hydrogens (tertiary/aromatic N) is 3. The molecule has 4 rings (SSSR count). The molecule has 1 aliphatic heterocycles. The van der Waals surface area contributed by atoms with E-state index in [-0.39, 0.29) is 11.8 Å². The van der Waals surface area contributed by atoms with Crippen molar-refractivity contribution in [1.82, 2.24) is 14.7 Å². The van der Waals surface area contributed by atoms with Gasteiger partial charge in [-0.05, 0) is 61.9 Å². The quantitative estimate of drug-likeness (QED) is 0.677. The van der Waals surface area contributed by atoms with Crippen LogP contribution in [-0.4, -0.2) is 39.6 Å². The average Bonchev–Trinajstić information content (AvgIpc) is 3.14. The van der Waals surface area contributed by atoms with E-state index >= 15 is 0 Å². The molecule has 0 radical (unpaired) electrons. The summed E-state index contributed by atoms with van der Waals surface area (Å²) in [5.41, 5.74) is 3.66. The zero-order valence-corrected chi connectivity index (χ0v) is 18.0. The molecule has 3 aromatic rings. The molecule has 2 aromatic carbocycles. The van der Waals surface area contributed by atoms with Gasteiger partial charge in [-0.25, -0.2) is 4.68 Å². The Kier molecular flexibility index (Phi) is 6.16. The number of rotatable bonds is 5. The molecule has 0 bridgehead atoms. The first-order valence-corrected chi connectivity index (χ1v) is 10.8. The van der Waals surface area contributed by atoms with Crippen molar-refractivity contribution in [3.05, 3.63) is 77.5 Å². The minimum absolute atomic E-state index is 0.0726. The van der Waals surface area contributed by atoms with Gasteiger partial charge in [0.1, 0.15) is 5.82 Å². The third-order valence-corrected chi connectivity index (χ3v) is 5.76. The van der Waals surface area contributed by atoms with Gasteiger partial charge < -0.3 is 10.2 Å². The van der Waals surface area contributed by atoms with Gasteiger partial charge in [0.15, 0.2) is 0 Å². The predicted molar refractivity (Wildman–Crippen MR) is 121 cm³/mol. The van der Waals surface area contributed by atoms with Gasteiger partial charge in [-0.15, -0.1) is 0 Å². The van der Waals surface area contributed by atoms with Crippen molar-refractivity contribution in [2.24, 2.45) is 5.92 Å². The van der Waals surface area contributed by atoms with Gasteiger partial charge in [0.25, 0.3) is 5.91 Å². The Bertz CT molecular complexity index is 1050. The highest BCUT2D eigenvalue weighted by molar-refractivity contribution is 5.94. The summed E-state index contributed by atoms with van der Waals surface area (Å²) >= 11 is 0. The third-order valence-electron chi connectivity index (χ3n) is 5.76. The van der Waals surface area contributed by atoms with E-state index in [1.54, 1.807) is 4.68 Å². The smallest absolute Gasteiger partial charge is 0.253 e. The molecule has 0 atom stereocenters. The molecule has 0 unspecified atom stereocenters. The molecule has 1 saturated heterocycles. The van der Waals surface area contributed by atoms with Crippen LogP contribution in [0.3, 0.4) is 0 Å². The van der Waals surface area contributed by atoms with E-state index in [1.807, 2.05) is 48.2 Å². The van der Waals surface area contributed by atoms with E-state index < -0.39 is 0 Å². The fourth-order valence-corrected chi connectivity index (χ4v) is 4.18. The first kappa shape index (κ1) is 20.8. The maximum absolute atomic E-state index is 13.0. The van der Waals surface area contributed by atoms with Crippen LogP contribution in [-0.2, 0) is 11.2 Å². The summed E-state index contributed by atoms with van der Waals surface area (Å²) in [5, 5.41) is 7.24. The second kappa shape index (κ2) is 9.16. The van der Waals surface area contributed by atoms with Crippen LogP contribution in [0.2, 0.25) is 0 Å². The zero-order valence-electron chi connectivity index (χ0n) is 18.0. The van der Waals surface area contributed by atoms with Crippen LogP contribution in [0, 0.1) is 12.8 Å². The van der Waals surface area contributed by atoms with Crippen LogP contribution in [0.4, 0.5) is 5.82 Å². The zero-order chi connectivity index (χ0) is 21.8. The average molecular weight is 417 g/mol. The number of likely N-dealkylation sites (tertiary alicyclic amines) is 1. The Hall–Kier alpha value is -3.41. The number of aryl methyl sites for hydroxylation is 1. The lowest BCUT2D eigenvalue weighted by molar-refractivity contribution is -0.114. The molecule has 160 valence electrons. The molecular formula is C25H28N4O2. The van der Waals surface area contributed by atoms with Crippen LogP contribution in [0.5, 0.6) is 0 Å². The highest BCUT2D eigenvalue weighted by Crippen LogP contribution is 2.24. The minimum Gasteiger partial charge on any atom is -0.339 e. The van der Waals surface area contributed by atoms with E-state index in [9.17, 15) is 9.59 Å². The molecule has 0 spiro atoms. The van der Waals surface area contributed by atoms with E-state index in [4.69, 9.17) is 0 Å². The Morgan fingerprint density at radius 1 is 1.03 bits per heavy atom. The Balaban J connectivity index is 1.39. The first-order chi connectivity index (χ1) is 15.0. The second-order valence-corrected chi connectivity index (χ2v) is 8.24. The molecule has 31 heavy (non-hydrogen) atoms. The monoisotopic (exact) mass is 416 g/mol. The second-order valence-electron chi connectivity index (χ2n) is 8.24. The van der Waals surface area contributed by atoms with Crippen molar-refractivity contribution in [2.45, 2.75) is 33.1 Å². The predicted octanol–water partition coefficient (Wildman–Crippen LogP) is 4.23. The molecule has 6 nitrogen and oxygen atoms in total. The number of hydrogen-bond acceptors (Lipinski definition) is 3. The fourth-order valence-electron chi connectivity index (χ4n) is 4.18. The number of amides is 2. The lowest BCUT2D eigenvalue weighted by Gasteiger charge is -2.32. The molecule has 6 heteroatoms. The maximum atomic E-state index is 13.0. The molecule has 0 saturated carbocycles. The van der Waals surface area contributed by atoms with Crippen molar-refractivity contribution in [3.8, 4) is 5.69 Å². The van der Waals surface area contributed by atoms with Gasteiger partial charge in [-0.2, -0.15) is 5.10 Å². The molecule has 1 aliphatic rings. The molecule has 0 aliphatic carbocycles. The van der Waals surface area contributed by atoms with Crippen LogP contribution < -0.4 is 5.32 Å². The number of hydrogen-bond donors (Lipinski definition) is 1. The molecule has 1 fully saturated rings. The van der Waals surface area contributed by atoms with Crippen molar-refractivity contribution in [3.63, 3.8) is 0 Å². The topological polar surface area (TPSA) is 67.2 Å². The fraction of sp³-hybridized carbons (Fsp3) is 0.320. The summed E-state index contributed by atoms with van der Waals surface area (Å²) in [6.45, 7) is 4.94.